The Bertz CT molecular complexity index is 1070. The van der Waals surface area contributed by atoms with Gasteiger partial charge >= 0.3 is 12.0 Å². The predicted octanol–water partition coefficient (Wildman–Crippen LogP) is 3.38. The number of alkyl halides is 2. The van der Waals surface area contributed by atoms with E-state index in [9.17, 15) is 22.0 Å². The zero-order chi connectivity index (χ0) is 24.0. The summed E-state index contributed by atoms with van der Waals surface area (Å²) in [4.78, 5) is 13.7. The molecule has 0 radical (unpaired) electrons. The molecule has 7 nitrogen and oxygen atoms in total. The molecule has 3 heterocycles. The smallest absolute Gasteiger partial charge is 0.422 e. The van der Waals surface area contributed by atoms with Crippen molar-refractivity contribution in [1.82, 2.24) is 4.90 Å². The summed E-state index contributed by atoms with van der Waals surface area (Å²) in [7, 11) is -3.85. The van der Waals surface area contributed by atoms with E-state index in [1.165, 1.54) is 0 Å². The van der Waals surface area contributed by atoms with Gasteiger partial charge in [0.1, 0.15) is 5.82 Å². The lowest BCUT2D eigenvalue weighted by Gasteiger charge is -2.38. The number of benzene rings is 1. The number of piperidine rings is 1. The Balaban J connectivity index is 1.79. The highest BCUT2D eigenvalue weighted by molar-refractivity contribution is 7.89. The number of fused-ring (bicyclic) bond motifs is 5. The Labute approximate surface area is 188 Å². The minimum absolute atomic E-state index is 0.0464. The molecule has 1 unspecified atom stereocenters. The van der Waals surface area contributed by atoms with Crippen LogP contribution in [0.25, 0.3) is 0 Å². The van der Waals surface area contributed by atoms with Gasteiger partial charge in [-0.3, -0.25) is 4.79 Å². The summed E-state index contributed by atoms with van der Waals surface area (Å²) in [5.41, 5.74) is -0.00250. The first-order chi connectivity index (χ1) is 15.4. The van der Waals surface area contributed by atoms with Gasteiger partial charge in [0.25, 0.3) is 0 Å². The number of rotatable bonds is 1. The van der Waals surface area contributed by atoms with Gasteiger partial charge in [-0.2, -0.15) is 13.2 Å². The topological polar surface area (TPSA) is 85.3 Å². The number of amides is 1. The molecular weight excluding hydrogens is 468 g/mol. The fourth-order valence-electron chi connectivity index (χ4n) is 4.78. The third-order valence-electron chi connectivity index (χ3n) is 6.26. The molecule has 33 heavy (non-hydrogen) atoms. The van der Waals surface area contributed by atoms with Gasteiger partial charge in [-0.15, -0.1) is 0 Å². The molecule has 1 saturated heterocycles. The number of hydrogen-bond donors (Lipinski definition) is 0. The molecule has 2 bridgehead atoms. The minimum Gasteiger partial charge on any atom is -0.422 e. The van der Waals surface area contributed by atoms with Crippen LogP contribution in [-0.4, -0.2) is 62.6 Å². The summed E-state index contributed by atoms with van der Waals surface area (Å²) >= 11 is 0. The van der Waals surface area contributed by atoms with Gasteiger partial charge in [0, 0.05) is 18.2 Å². The van der Waals surface area contributed by atoms with Crippen molar-refractivity contribution in [3.8, 4) is 5.75 Å². The zero-order valence-corrected chi connectivity index (χ0v) is 18.7. The maximum atomic E-state index is 15.1. The predicted molar refractivity (Wildman–Crippen MR) is 110 cm³/mol. The molecule has 1 amide bonds. The van der Waals surface area contributed by atoms with Crippen molar-refractivity contribution >= 4 is 21.6 Å². The Morgan fingerprint density at radius 1 is 1.15 bits per heavy atom. The molecule has 3 aliphatic heterocycles. The van der Waals surface area contributed by atoms with Gasteiger partial charge in [-0.1, -0.05) is 0 Å². The summed E-state index contributed by atoms with van der Waals surface area (Å²) in [6.45, 7) is -0.317. The number of nitrogens with zero attached hydrogens (tertiary/aromatic N) is 2. The van der Waals surface area contributed by atoms with E-state index in [0.29, 0.717) is 31.7 Å². The average molecular weight is 492 g/mol. The number of ether oxygens (including phenoxy) is 2. The summed E-state index contributed by atoms with van der Waals surface area (Å²) in [5, 5.41) is 0. The second kappa shape index (κ2) is 8.86. The van der Waals surface area contributed by atoms with Crippen LogP contribution in [0.5, 0.6) is 5.75 Å². The van der Waals surface area contributed by atoms with Gasteiger partial charge in [0.15, 0.2) is 11.6 Å². The maximum absolute atomic E-state index is 15.1. The first kappa shape index (κ1) is 23.9. The number of carbonyl (C=O) groups is 1. The third-order valence-corrected chi connectivity index (χ3v) is 6.82. The molecule has 0 N–H and O–H groups in total. The molecule has 1 atom stereocenters. The van der Waals surface area contributed by atoms with Crippen LogP contribution in [0, 0.1) is 11.6 Å². The number of carbonyl (C=O) groups excluding carboxylic acids is 1. The quantitative estimate of drug-likeness (QED) is 0.561. The molecule has 1 aromatic rings. The van der Waals surface area contributed by atoms with Gasteiger partial charge in [-0.05, 0) is 50.5 Å². The average Bonchev–Trinajstić information content (AvgIpc) is 2.73. The van der Waals surface area contributed by atoms with Crippen LogP contribution < -0.4 is 4.74 Å². The van der Waals surface area contributed by atoms with Crippen LogP contribution in [0.4, 0.5) is 17.6 Å². The van der Waals surface area contributed by atoms with Crippen LogP contribution >= 0.6 is 0 Å². The van der Waals surface area contributed by atoms with Crippen molar-refractivity contribution in [1.29, 1.82) is 0 Å². The summed E-state index contributed by atoms with van der Waals surface area (Å²) in [5.74, 6) is -5.30. The van der Waals surface area contributed by atoms with Crippen LogP contribution in [0.15, 0.2) is 16.5 Å². The van der Waals surface area contributed by atoms with Crippen molar-refractivity contribution in [3.05, 3.63) is 29.3 Å². The van der Waals surface area contributed by atoms with Crippen molar-refractivity contribution in [3.63, 3.8) is 0 Å². The molecular formula is C21H24F4N2O5S. The Kier molecular flexibility index (Phi) is 6.43. The van der Waals surface area contributed by atoms with Crippen molar-refractivity contribution in [2.45, 2.75) is 62.7 Å². The lowest BCUT2D eigenvalue weighted by Crippen LogP contribution is -2.57. The van der Waals surface area contributed by atoms with Crippen LogP contribution in [-0.2, 0) is 19.6 Å². The first-order valence-electron chi connectivity index (χ1n) is 10.7. The Morgan fingerprint density at radius 2 is 1.85 bits per heavy atom. The highest BCUT2D eigenvalue weighted by Gasteiger charge is 2.50. The van der Waals surface area contributed by atoms with Crippen LogP contribution in [0.2, 0.25) is 0 Å². The molecule has 0 spiro atoms. The Morgan fingerprint density at radius 3 is 2.52 bits per heavy atom. The number of sulfonamides is 1. The molecule has 1 aromatic carbocycles. The lowest BCUT2D eigenvalue weighted by atomic mass is 9.82. The Hall–Kier alpha value is -2.21. The molecule has 182 valence electrons. The normalized spacial score (nSPS) is 29.4. The lowest BCUT2D eigenvalue weighted by molar-refractivity contribution is -0.206. The minimum atomic E-state index is -4.48. The van der Waals surface area contributed by atoms with Gasteiger partial charge < -0.3 is 14.4 Å². The highest BCUT2D eigenvalue weighted by Crippen LogP contribution is 2.42. The van der Waals surface area contributed by atoms with E-state index in [4.69, 9.17) is 4.74 Å². The van der Waals surface area contributed by atoms with Gasteiger partial charge in [0.2, 0.25) is 10.0 Å². The summed E-state index contributed by atoms with van der Waals surface area (Å²) in [6, 6.07) is 0.268. The van der Waals surface area contributed by atoms with E-state index in [-0.39, 0.29) is 43.4 Å². The number of hydrogen-bond acceptors (Lipinski definition) is 5. The van der Waals surface area contributed by atoms with E-state index in [0.717, 1.165) is 17.2 Å². The van der Waals surface area contributed by atoms with Crippen LogP contribution in [0.1, 0.15) is 50.0 Å². The summed E-state index contributed by atoms with van der Waals surface area (Å²) < 4.78 is 96.4. The number of halogens is 4. The molecule has 2 fully saturated rings. The zero-order valence-electron chi connectivity index (χ0n) is 17.9. The molecule has 1 aliphatic carbocycles. The van der Waals surface area contributed by atoms with Crippen molar-refractivity contribution in [2.24, 2.45) is 4.40 Å². The third kappa shape index (κ3) is 5.16. The second-order valence-electron chi connectivity index (χ2n) is 8.67. The fourth-order valence-corrected chi connectivity index (χ4v) is 5.42. The highest BCUT2D eigenvalue weighted by atomic mass is 32.2. The van der Waals surface area contributed by atoms with E-state index in [1.807, 2.05) is 0 Å². The molecule has 4 aliphatic rings. The van der Waals surface area contributed by atoms with E-state index >= 15 is 8.78 Å². The van der Waals surface area contributed by atoms with E-state index in [1.54, 1.807) is 0 Å². The standard InChI is InChI=1S/C21H24F4N2O5S/c1-33(29,30)26-17-3-2-8-27-18(17)11-31-14-6-4-12(5-7-14)15-9-13(22)10-16(23)19(15)32-21(24,25)20(27)28/h9-10,12,14,18H,2-8,11H2,1H3/b26-17+. The van der Waals surface area contributed by atoms with Crippen molar-refractivity contribution in [2.75, 3.05) is 19.4 Å². The molecule has 5 rings (SSSR count). The van der Waals surface area contributed by atoms with Crippen LogP contribution in [0.3, 0.4) is 0 Å². The molecule has 0 aromatic heterocycles. The SMILES string of the molecule is CS(=O)(=O)/N=C1\CCCN2C(=O)C(F)(F)Oc3c(F)cc(F)cc3C3CCC(CC3)OCC12. The van der Waals surface area contributed by atoms with Gasteiger partial charge in [0.05, 0.1) is 30.7 Å². The van der Waals surface area contributed by atoms with Gasteiger partial charge in [-0.25, -0.2) is 17.2 Å². The fraction of sp³-hybridized carbons (Fsp3) is 0.619. The molecule has 12 heteroatoms. The second-order valence-corrected chi connectivity index (χ2v) is 10.3. The first-order valence-corrected chi connectivity index (χ1v) is 12.6. The summed E-state index contributed by atoms with van der Waals surface area (Å²) in [6.07, 6.45) is -1.65. The molecule has 1 saturated carbocycles. The monoisotopic (exact) mass is 492 g/mol. The van der Waals surface area contributed by atoms with E-state index in [2.05, 4.69) is 9.13 Å². The largest absolute Gasteiger partial charge is 0.482 e. The van der Waals surface area contributed by atoms with Crippen molar-refractivity contribution < 1.29 is 40.2 Å². The van der Waals surface area contributed by atoms with E-state index < -0.39 is 51.4 Å². The maximum Gasteiger partial charge on any atom is 0.482 e.